The second-order valence-corrected chi connectivity index (χ2v) is 9.49. The van der Waals surface area contributed by atoms with E-state index in [2.05, 4.69) is 10.0 Å². The largest absolute Gasteiger partial charge is 0.326 e. The van der Waals surface area contributed by atoms with Crippen molar-refractivity contribution in [2.45, 2.75) is 25.2 Å². The molecule has 1 amide bonds. The van der Waals surface area contributed by atoms with Crippen molar-refractivity contribution < 1.29 is 13.2 Å². The van der Waals surface area contributed by atoms with Crippen LogP contribution in [0.2, 0.25) is 0 Å². The highest BCUT2D eigenvalue weighted by molar-refractivity contribution is 7.92. The predicted octanol–water partition coefficient (Wildman–Crippen LogP) is 5.44. The van der Waals surface area contributed by atoms with Gasteiger partial charge in [-0.15, -0.1) is 0 Å². The highest BCUT2D eigenvalue weighted by Gasteiger charge is 2.16. The van der Waals surface area contributed by atoms with Gasteiger partial charge in [0, 0.05) is 11.1 Å². The number of aryl methyl sites for hydroxylation is 2. The Kier molecular flexibility index (Phi) is 5.97. The van der Waals surface area contributed by atoms with Crippen molar-refractivity contribution in [3.63, 3.8) is 0 Å². The van der Waals surface area contributed by atoms with Gasteiger partial charge in [-0.1, -0.05) is 60.2 Å². The average molecular weight is 445 g/mol. The number of nitrogens with one attached hydrogen (secondary N) is 2. The Bertz CT molecular complexity index is 1390. The molecule has 0 saturated carbocycles. The first-order valence-corrected chi connectivity index (χ1v) is 11.8. The van der Waals surface area contributed by atoms with E-state index in [0.717, 1.165) is 27.5 Å². The number of anilines is 2. The van der Waals surface area contributed by atoms with Crippen molar-refractivity contribution in [3.05, 3.63) is 102 Å². The molecule has 0 aromatic heterocycles. The van der Waals surface area contributed by atoms with E-state index in [0.29, 0.717) is 11.4 Å². The Morgan fingerprint density at radius 2 is 1.56 bits per heavy atom. The number of fused-ring (bicyclic) bond motifs is 1. The van der Waals surface area contributed by atoms with E-state index in [9.17, 15) is 13.2 Å². The summed E-state index contributed by atoms with van der Waals surface area (Å²) in [6.45, 7) is 3.97. The topological polar surface area (TPSA) is 75.3 Å². The molecule has 0 heterocycles. The SMILES string of the molecule is Cc1ccc(C)c(CC(=O)Nc2ccc(S(=O)(=O)Nc3cccc4ccccc34)cc2)c1. The van der Waals surface area contributed by atoms with Gasteiger partial charge in [0.15, 0.2) is 0 Å². The molecular weight excluding hydrogens is 420 g/mol. The maximum absolute atomic E-state index is 12.9. The first kappa shape index (κ1) is 21.6. The summed E-state index contributed by atoms with van der Waals surface area (Å²) >= 11 is 0. The average Bonchev–Trinajstić information content (AvgIpc) is 2.77. The first-order chi connectivity index (χ1) is 15.3. The van der Waals surface area contributed by atoms with Crippen molar-refractivity contribution in [3.8, 4) is 0 Å². The Morgan fingerprint density at radius 3 is 2.34 bits per heavy atom. The van der Waals surface area contributed by atoms with Crippen molar-refractivity contribution in [2.24, 2.45) is 0 Å². The van der Waals surface area contributed by atoms with Crippen molar-refractivity contribution in [1.29, 1.82) is 0 Å². The molecule has 4 aromatic rings. The fraction of sp³-hybridized carbons (Fsp3) is 0.115. The minimum Gasteiger partial charge on any atom is -0.326 e. The summed E-state index contributed by atoms with van der Waals surface area (Å²) < 4.78 is 28.4. The third-order valence-electron chi connectivity index (χ3n) is 5.34. The smallest absolute Gasteiger partial charge is 0.261 e. The molecule has 4 rings (SSSR count). The fourth-order valence-corrected chi connectivity index (χ4v) is 4.68. The number of rotatable bonds is 6. The molecule has 32 heavy (non-hydrogen) atoms. The second-order valence-electron chi connectivity index (χ2n) is 7.81. The van der Waals surface area contributed by atoms with Gasteiger partial charge < -0.3 is 5.32 Å². The van der Waals surface area contributed by atoms with Gasteiger partial charge in [-0.3, -0.25) is 9.52 Å². The molecule has 0 aliphatic rings. The number of carbonyl (C=O) groups excluding carboxylic acids is 1. The quantitative estimate of drug-likeness (QED) is 0.416. The molecule has 0 saturated heterocycles. The van der Waals surface area contributed by atoms with E-state index in [1.54, 1.807) is 18.2 Å². The van der Waals surface area contributed by atoms with Gasteiger partial charge in [0.2, 0.25) is 5.91 Å². The number of carbonyl (C=O) groups is 1. The molecule has 0 spiro atoms. The number of benzene rings is 4. The van der Waals surface area contributed by atoms with Crippen LogP contribution in [0.1, 0.15) is 16.7 Å². The van der Waals surface area contributed by atoms with Crippen molar-refractivity contribution >= 4 is 38.1 Å². The van der Waals surface area contributed by atoms with Crippen LogP contribution in [0.5, 0.6) is 0 Å². The molecule has 0 atom stereocenters. The van der Waals surface area contributed by atoms with Crippen LogP contribution >= 0.6 is 0 Å². The molecule has 2 N–H and O–H groups in total. The highest BCUT2D eigenvalue weighted by atomic mass is 32.2. The van der Waals surface area contributed by atoms with Gasteiger partial charge in [-0.2, -0.15) is 0 Å². The lowest BCUT2D eigenvalue weighted by molar-refractivity contribution is -0.115. The highest BCUT2D eigenvalue weighted by Crippen LogP contribution is 2.26. The van der Waals surface area contributed by atoms with Gasteiger partial charge in [-0.25, -0.2) is 8.42 Å². The Labute approximate surface area is 188 Å². The lowest BCUT2D eigenvalue weighted by Crippen LogP contribution is -2.16. The van der Waals surface area contributed by atoms with Crippen molar-refractivity contribution in [1.82, 2.24) is 0 Å². The van der Waals surface area contributed by atoms with Gasteiger partial charge in [0.1, 0.15) is 0 Å². The summed E-state index contributed by atoms with van der Waals surface area (Å²) in [4.78, 5) is 12.6. The maximum atomic E-state index is 12.9. The van der Waals surface area contributed by atoms with Crippen LogP contribution in [0.25, 0.3) is 10.8 Å². The number of sulfonamides is 1. The van der Waals surface area contributed by atoms with E-state index >= 15 is 0 Å². The second kappa shape index (κ2) is 8.85. The minimum absolute atomic E-state index is 0.123. The number of amides is 1. The number of hydrogen-bond donors (Lipinski definition) is 2. The molecule has 0 unspecified atom stereocenters. The zero-order valence-electron chi connectivity index (χ0n) is 17.9. The number of hydrogen-bond acceptors (Lipinski definition) is 3. The van der Waals surface area contributed by atoms with Crippen LogP contribution in [0.15, 0.2) is 89.8 Å². The minimum atomic E-state index is -3.77. The van der Waals surface area contributed by atoms with Crippen LogP contribution in [0, 0.1) is 13.8 Å². The van der Waals surface area contributed by atoms with E-state index in [4.69, 9.17) is 0 Å². The van der Waals surface area contributed by atoms with Gasteiger partial charge in [0.05, 0.1) is 17.0 Å². The summed E-state index contributed by atoms with van der Waals surface area (Å²) in [6.07, 6.45) is 0.260. The Morgan fingerprint density at radius 1 is 0.844 bits per heavy atom. The van der Waals surface area contributed by atoms with E-state index in [1.807, 2.05) is 68.4 Å². The van der Waals surface area contributed by atoms with E-state index < -0.39 is 10.0 Å². The zero-order valence-corrected chi connectivity index (χ0v) is 18.7. The summed E-state index contributed by atoms with van der Waals surface area (Å²) in [5.41, 5.74) is 4.21. The van der Waals surface area contributed by atoms with Crippen molar-refractivity contribution in [2.75, 3.05) is 10.0 Å². The maximum Gasteiger partial charge on any atom is 0.261 e. The van der Waals surface area contributed by atoms with Gasteiger partial charge >= 0.3 is 0 Å². The summed E-state index contributed by atoms with van der Waals surface area (Å²) in [5.74, 6) is -0.150. The van der Waals surface area contributed by atoms with Crippen LogP contribution in [-0.2, 0) is 21.2 Å². The standard InChI is InChI=1S/C26H24N2O3S/c1-18-10-11-19(2)21(16-18)17-26(29)27-22-12-14-23(15-13-22)32(30,31)28-25-9-5-7-20-6-3-4-8-24(20)25/h3-16,28H,17H2,1-2H3,(H,27,29). The normalized spacial score (nSPS) is 11.3. The van der Waals surface area contributed by atoms with Gasteiger partial charge in [-0.05, 0) is 60.7 Å². The third-order valence-corrected chi connectivity index (χ3v) is 6.72. The molecule has 6 heteroatoms. The predicted molar refractivity (Wildman–Crippen MR) is 129 cm³/mol. The van der Waals surface area contributed by atoms with Crippen LogP contribution < -0.4 is 10.0 Å². The molecular formula is C26H24N2O3S. The Balaban J connectivity index is 1.47. The lowest BCUT2D eigenvalue weighted by atomic mass is 10.0. The molecule has 0 radical (unpaired) electrons. The summed E-state index contributed by atoms with van der Waals surface area (Å²) in [5, 5.41) is 4.62. The molecule has 0 aliphatic carbocycles. The molecule has 4 aromatic carbocycles. The first-order valence-electron chi connectivity index (χ1n) is 10.3. The molecule has 162 valence electrons. The summed E-state index contributed by atoms with van der Waals surface area (Å²) in [7, 11) is -3.77. The molecule has 5 nitrogen and oxygen atoms in total. The summed E-state index contributed by atoms with van der Waals surface area (Å²) in [6, 6.07) is 25.3. The van der Waals surface area contributed by atoms with E-state index in [-0.39, 0.29) is 17.2 Å². The molecule has 0 fully saturated rings. The molecule has 0 bridgehead atoms. The van der Waals surface area contributed by atoms with E-state index in [1.165, 1.54) is 12.1 Å². The van der Waals surface area contributed by atoms with Crippen LogP contribution in [0.4, 0.5) is 11.4 Å². The zero-order chi connectivity index (χ0) is 22.7. The monoisotopic (exact) mass is 444 g/mol. The fourth-order valence-electron chi connectivity index (χ4n) is 3.60. The molecule has 0 aliphatic heterocycles. The van der Waals surface area contributed by atoms with Crippen LogP contribution in [0.3, 0.4) is 0 Å². The Hall–Kier alpha value is -3.64. The van der Waals surface area contributed by atoms with Crippen LogP contribution in [-0.4, -0.2) is 14.3 Å². The third kappa shape index (κ3) is 4.81. The van der Waals surface area contributed by atoms with Gasteiger partial charge in [0.25, 0.3) is 10.0 Å². The lowest BCUT2D eigenvalue weighted by Gasteiger charge is -2.12.